The third-order valence-corrected chi connectivity index (χ3v) is 6.49. The molecule has 2 rings (SSSR count). The van der Waals surface area contributed by atoms with E-state index in [2.05, 4.69) is 10.6 Å². The lowest BCUT2D eigenvalue weighted by atomic mass is 10.2. The number of carbonyl (C=O) groups is 2. The molecule has 0 spiro atoms. The van der Waals surface area contributed by atoms with Crippen molar-refractivity contribution in [2.24, 2.45) is 0 Å². The summed E-state index contributed by atoms with van der Waals surface area (Å²) in [7, 11) is -3.44. The number of nitrogens with zero attached hydrogens (tertiary/aromatic N) is 1. The average molecular weight is 432 g/mol. The Morgan fingerprint density at radius 3 is 2.13 bits per heavy atom. The van der Waals surface area contributed by atoms with Crippen LogP contribution in [-0.2, 0) is 19.4 Å². The molecule has 7 nitrogen and oxygen atoms in total. The Morgan fingerprint density at radius 1 is 0.967 bits per heavy atom. The Hall–Kier alpha value is -2.71. The fraction of sp³-hybridized carbons (Fsp3) is 0.364. The molecular formula is C22H29N3O4S. The standard InChI is InChI=1S/C22H29N3O4S/c1-5-25(12-13-30(28,29)21-14-16(2)6-7-17(21)3)15-22(27)24-20-10-8-19(9-11-20)23-18(4)26/h6-11,14H,5,12-13,15H2,1-4H3,(H,23,26)(H,24,27). The lowest BCUT2D eigenvalue weighted by Crippen LogP contribution is -2.36. The quantitative estimate of drug-likeness (QED) is 0.636. The number of nitrogens with one attached hydrogen (secondary N) is 2. The highest BCUT2D eigenvalue weighted by atomic mass is 32.2. The number of amides is 2. The highest BCUT2D eigenvalue weighted by molar-refractivity contribution is 7.91. The van der Waals surface area contributed by atoms with Gasteiger partial charge in [-0.3, -0.25) is 14.5 Å². The first-order valence-electron chi connectivity index (χ1n) is 9.80. The van der Waals surface area contributed by atoms with E-state index in [0.29, 0.717) is 22.8 Å². The molecule has 0 atom stereocenters. The van der Waals surface area contributed by atoms with Crippen LogP contribution in [0.3, 0.4) is 0 Å². The van der Waals surface area contributed by atoms with Gasteiger partial charge in [0, 0.05) is 24.8 Å². The van der Waals surface area contributed by atoms with Gasteiger partial charge in [-0.25, -0.2) is 8.42 Å². The highest BCUT2D eigenvalue weighted by Crippen LogP contribution is 2.18. The average Bonchev–Trinajstić information content (AvgIpc) is 2.68. The summed E-state index contributed by atoms with van der Waals surface area (Å²) in [6.45, 7) is 7.87. The molecule has 2 aromatic carbocycles. The number of sulfone groups is 1. The number of rotatable bonds is 9. The van der Waals surface area contributed by atoms with Crippen molar-refractivity contribution in [1.82, 2.24) is 4.90 Å². The summed E-state index contributed by atoms with van der Waals surface area (Å²) in [5.41, 5.74) is 2.88. The zero-order chi connectivity index (χ0) is 22.3. The maximum atomic E-state index is 12.8. The van der Waals surface area contributed by atoms with E-state index in [1.807, 2.05) is 26.0 Å². The van der Waals surface area contributed by atoms with Crippen molar-refractivity contribution in [3.05, 3.63) is 53.6 Å². The Labute approximate surface area is 178 Å². The predicted molar refractivity (Wildman–Crippen MR) is 119 cm³/mol. The fourth-order valence-electron chi connectivity index (χ4n) is 2.99. The zero-order valence-electron chi connectivity index (χ0n) is 17.9. The van der Waals surface area contributed by atoms with Crippen LogP contribution in [0.1, 0.15) is 25.0 Å². The lowest BCUT2D eigenvalue weighted by molar-refractivity contribution is -0.117. The van der Waals surface area contributed by atoms with Gasteiger partial charge in [-0.2, -0.15) is 0 Å². The van der Waals surface area contributed by atoms with E-state index in [-0.39, 0.29) is 30.7 Å². The van der Waals surface area contributed by atoms with Crippen LogP contribution < -0.4 is 10.6 Å². The van der Waals surface area contributed by atoms with Crippen molar-refractivity contribution in [3.8, 4) is 0 Å². The van der Waals surface area contributed by atoms with Crippen LogP contribution in [0.5, 0.6) is 0 Å². The molecule has 8 heteroatoms. The van der Waals surface area contributed by atoms with E-state index in [9.17, 15) is 18.0 Å². The molecule has 2 amide bonds. The topological polar surface area (TPSA) is 95.6 Å². The minimum absolute atomic E-state index is 0.0518. The van der Waals surface area contributed by atoms with Crippen molar-refractivity contribution in [1.29, 1.82) is 0 Å². The maximum absolute atomic E-state index is 12.8. The molecule has 0 bridgehead atoms. The summed E-state index contributed by atoms with van der Waals surface area (Å²) in [4.78, 5) is 25.6. The lowest BCUT2D eigenvalue weighted by Gasteiger charge is -2.20. The van der Waals surface area contributed by atoms with E-state index >= 15 is 0 Å². The molecule has 0 saturated carbocycles. The van der Waals surface area contributed by atoms with Crippen LogP contribution in [0.15, 0.2) is 47.4 Å². The number of aryl methyl sites for hydroxylation is 2. The number of anilines is 2. The third kappa shape index (κ3) is 6.96. The van der Waals surface area contributed by atoms with E-state index in [1.54, 1.807) is 42.2 Å². The van der Waals surface area contributed by atoms with Crippen LogP contribution in [-0.4, -0.2) is 50.5 Å². The van der Waals surface area contributed by atoms with Crippen LogP contribution >= 0.6 is 0 Å². The zero-order valence-corrected chi connectivity index (χ0v) is 18.7. The molecule has 0 heterocycles. The van der Waals surface area contributed by atoms with Crippen LogP contribution in [0.2, 0.25) is 0 Å². The molecular weight excluding hydrogens is 402 g/mol. The number of carbonyl (C=O) groups excluding carboxylic acids is 2. The Morgan fingerprint density at radius 2 is 1.57 bits per heavy atom. The first kappa shape index (κ1) is 23.6. The minimum Gasteiger partial charge on any atom is -0.326 e. The number of hydrogen-bond acceptors (Lipinski definition) is 5. The molecule has 0 unspecified atom stereocenters. The normalized spacial score (nSPS) is 11.4. The van der Waals surface area contributed by atoms with Gasteiger partial charge >= 0.3 is 0 Å². The Balaban J connectivity index is 1.94. The van der Waals surface area contributed by atoms with Crippen molar-refractivity contribution in [2.45, 2.75) is 32.6 Å². The monoisotopic (exact) mass is 431 g/mol. The van der Waals surface area contributed by atoms with E-state index in [1.165, 1.54) is 6.92 Å². The summed E-state index contributed by atoms with van der Waals surface area (Å²) in [6, 6.07) is 12.2. The summed E-state index contributed by atoms with van der Waals surface area (Å²) in [5, 5.41) is 5.45. The highest BCUT2D eigenvalue weighted by Gasteiger charge is 2.19. The van der Waals surface area contributed by atoms with Gasteiger partial charge in [0.25, 0.3) is 0 Å². The van der Waals surface area contributed by atoms with E-state index in [0.717, 1.165) is 11.1 Å². The first-order valence-corrected chi connectivity index (χ1v) is 11.5. The van der Waals surface area contributed by atoms with Gasteiger partial charge in [0.1, 0.15) is 0 Å². The maximum Gasteiger partial charge on any atom is 0.238 e. The molecule has 0 aliphatic carbocycles. The van der Waals surface area contributed by atoms with Crippen LogP contribution in [0.25, 0.3) is 0 Å². The number of hydrogen-bond donors (Lipinski definition) is 2. The van der Waals surface area contributed by atoms with Gasteiger partial charge in [-0.05, 0) is 61.9 Å². The Kier molecular flexibility index (Phi) is 8.14. The smallest absolute Gasteiger partial charge is 0.238 e. The second-order valence-corrected chi connectivity index (χ2v) is 9.34. The second kappa shape index (κ2) is 10.4. The molecule has 0 fully saturated rings. The van der Waals surface area contributed by atoms with Crippen LogP contribution in [0, 0.1) is 13.8 Å². The van der Waals surface area contributed by atoms with Gasteiger partial charge in [-0.15, -0.1) is 0 Å². The van der Waals surface area contributed by atoms with Crippen molar-refractivity contribution >= 4 is 33.0 Å². The molecule has 162 valence electrons. The van der Waals surface area contributed by atoms with Gasteiger partial charge in [0.2, 0.25) is 11.8 Å². The molecule has 0 saturated heterocycles. The fourth-order valence-corrected chi connectivity index (χ4v) is 4.64. The molecule has 0 aliphatic heterocycles. The van der Waals surface area contributed by atoms with Crippen LogP contribution in [0.4, 0.5) is 11.4 Å². The molecule has 0 aromatic heterocycles. The van der Waals surface area contributed by atoms with Gasteiger partial charge in [0.15, 0.2) is 9.84 Å². The summed E-state index contributed by atoms with van der Waals surface area (Å²) >= 11 is 0. The number of likely N-dealkylation sites (N-methyl/N-ethyl adjacent to an activating group) is 1. The Bertz CT molecular complexity index is 1000. The molecule has 30 heavy (non-hydrogen) atoms. The third-order valence-electron chi connectivity index (χ3n) is 4.66. The molecule has 0 aliphatic rings. The van der Waals surface area contributed by atoms with E-state index in [4.69, 9.17) is 0 Å². The molecule has 0 radical (unpaired) electrons. The predicted octanol–water partition coefficient (Wildman–Crippen LogP) is 3.00. The molecule has 2 aromatic rings. The number of benzene rings is 2. The summed E-state index contributed by atoms with van der Waals surface area (Å²) in [6.07, 6.45) is 0. The van der Waals surface area contributed by atoms with Gasteiger partial charge in [-0.1, -0.05) is 19.1 Å². The minimum atomic E-state index is -3.44. The summed E-state index contributed by atoms with van der Waals surface area (Å²) in [5.74, 6) is -0.446. The van der Waals surface area contributed by atoms with Gasteiger partial charge < -0.3 is 10.6 Å². The SMILES string of the molecule is CCN(CCS(=O)(=O)c1cc(C)ccc1C)CC(=O)Nc1ccc(NC(C)=O)cc1. The van der Waals surface area contributed by atoms with Gasteiger partial charge in [0.05, 0.1) is 17.2 Å². The summed E-state index contributed by atoms with van der Waals surface area (Å²) < 4.78 is 25.5. The van der Waals surface area contributed by atoms with Crippen molar-refractivity contribution in [3.63, 3.8) is 0 Å². The molecule has 2 N–H and O–H groups in total. The second-order valence-electron chi connectivity index (χ2n) is 7.26. The van der Waals surface area contributed by atoms with Crippen molar-refractivity contribution in [2.75, 3.05) is 36.0 Å². The van der Waals surface area contributed by atoms with Crippen molar-refractivity contribution < 1.29 is 18.0 Å². The largest absolute Gasteiger partial charge is 0.326 e. The van der Waals surface area contributed by atoms with E-state index < -0.39 is 9.84 Å². The first-order chi connectivity index (χ1) is 14.1.